The van der Waals surface area contributed by atoms with Crippen LogP contribution in [0.3, 0.4) is 0 Å². The fourth-order valence-electron chi connectivity index (χ4n) is 1.83. The van der Waals surface area contributed by atoms with Gasteiger partial charge in [0.1, 0.15) is 5.69 Å². The minimum absolute atomic E-state index is 0.0485. The van der Waals surface area contributed by atoms with Crippen LogP contribution in [0.2, 0.25) is 0 Å². The minimum atomic E-state index is -0.0485. The molecular weight excluding hydrogens is 246 g/mol. The Morgan fingerprint density at radius 3 is 2.95 bits per heavy atom. The molecule has 0 aliphatic heterocycles. The highest BCUT2D eigenvalue weighted by Crippen LogP contribution is 2.30. The Bertz CT molecular complexity index is 597. The molecule has 3 rings (SSSR count). The summed E-state index contributed by atoms with van der Waals surface area (Å²) in [5.41, 5.74) is 0.745. The van der Waals surface area contributed by atoms with Gasteiger partial charge in [0, 0.05) is 18.2 Å². The van der Waals surface area contributed by atoms with E-state index in [9.17, 15) is 4.79 Å². The lowest BCUT2D eigenvalue weighted by atomic mass is 10.3. The summed E-state index contributed by atoms with van der Waals surface area (Å²) in [4.78, 5) is 11.6. The topological polar surface area (TPSA) is 85.8 Å². The molecule has 100 valence electrons. The van der Waals surface area contributed by atoms with Crippen molar-refractivity contribution in [3.63, 3.8) is 0 Å². The van der Waals surface area contributed by atoms with Gasteiger partial charge < -0.3 is 4.42 Å². The number of aromatic nitrogens is 4. The molecule has 1 saturated carbocycles. The summed E-state index contributed by atoms with van der Waals surface area (Å²) in [6.45, 7) is 4.03. The number of anilines is 1. The van der Waals surface area contributed by atoms with E-state index in [-0.39, 0.29) is 23.9 Å². The standard InChI is InChI=1S/C12H15N5O2/c1-7(2)17-9(5-6-13-17)11-15-16-12(19-11)14-10(18)8-3-4-8/h5-8H,3-4H2,1-2H3,(H,14,16,18). The average molecular weight is 261 g/mol. The Kier molecular flexibility index (Phi) is 2.81. The summed E-state index contributed by atoms with van der Waals surface area (Å²) in [5, 5.41) is 14.6. The fourth-order valence-corrected chi connectivity index (χ4v) is 1.83. The van der Waals surface area contributed by atoms with Crippen LogP contribution < -0.4 is 5.32 Å². The van der Waals surface area contributed by atoms with Gasteiger partial charge in [-0.25, -0.2) is 0 Å². The third-order valence-corrected chi connectivity index (χ3v) is 2.98. The third-order valence-electron chi connectivity index (χ3n) is 2.98. The van der Waals surface area contributed by atoms with Gasteiger partial charge in [0.15, 0.2) is 0 Å². The normalized spacial score (nSPS) is 14.9. The Hall–Kier alpha value is -2.18. The van der Waals surface area contributed by atoms with Gasteiger partial charge in [0.2, 0.25) is 5.91 Å². The van der Waals surface area contributed by atoms with Crippen LogP contribution in [-0.2, 0) is 4.79 Å². The Balaban J connectivity index is 1.80. The average Bonchev–Trinajstić information content (AvgIpc) is 2.93. The summed E-state index contributed by atoms with van der Waals surface area (Å²) in [5.74, 6) is 0.418. The second-order valence-electron chi connectivity index (χ2n) is 4.93. The van der Waals surface area contributed by atoms with E-state index in [4.69, 9.17) is 4.42 Å². The van der Waals surface area contributed by atoms with Crippen molar-refractivity contribution < 1.29 is 9.21 Å². The number of nitrogens with one attached hydrogen (secondary N) is 1. The van der Waals surface area contributed by atoms with E-state index in [1.807, 2.05) is 13.8 Å². The molecule has 0 bridgehead atoms. The number of carbonyl (C=O) groups is 1. The zero-order chi connectivity index (χ0) is 13.4. The van der Waals surface area contributed by atoms with E-state index in [2.05, 4.69) is 20.6 Å². The molecule has 1 aliphatic rings. The molecule has 1 amide bonds. The smallest absolute Gasteiger partial charge is 0.322 e. The van der Waals surface area contributed by atoms with Gasteiger partial charge in [0.05, 0.1) is 0 Å². The highest BCUT2D eigenvalue weighted by Gasteiger charge is 2.30. The largest absolute Gasteiger partial charge is 0.401 e. The number of amides is 1. The molecule has 0 radical (unpaired) electrons. The molecule has 19 heavy (non-hydrogen) atoms. The molecule has 0 atom stereocenters. The lowest BCUT2D eigenvalue weighted by Crippen LogP contribution is -2.13. The van der Waals surface area contributed by atoms with Gasteiger partial charge >= 0.3 is 6.01 Å². The van der Waals surface area contributed by atoms with Crippen molar-refractivity contribution in [1.82, 2.24) is 20.0 Å². The molecule has 0 aromatic carbocycles. The highest BCUT2D eigenvalue weighted by atomic mass is 16.4. The lowest BCUT2D eigenvalue weighted by Gasteiger charge is -2.07. The van der Waals surface area contributed by atoms with Crippen LogP contribution in [0.5, 0.6) is 0 Å². The summed E-state index contributed by atoms with van der Waals surface area (Å²) in [6, 6.07) is 2.14. The van der Waals surface area contributed by atoms with Crippen molar-refractivity contribution in [2.75, 3.05) is 5.32 Å². The first kappa shape index (κ1) is 11.9. The monoisotopic (exact) mass is 261 g/mol. The molecule has 7 heteroatoms. The summed E-state index contributed by atoms with van der Waals surface area (Å²) in [7, 11) is 0. The summed E-state index contributed by atoms with van der Waals surface area (Å²) in [6.07, 6.45) is 3.56. The molecule has 1 aliphatic carbocycles. The van der Waals surface area contributed by atoms with Crippen LogP contribution in [0.15, 0.2) is 16.7 Å². The van der Waals surface area contributed by atoms with Crippen LogP contribution in [0.4, 0.5) is 6.01 Å². The highest BCUT2D eigenvalue weighted by molar-refractivity contribution is 5.92. The van der Waals surface area contributed by atoms with Gasteiger partial charge in [-0.15, -0.1) is 5.10 Å². The first-order valence-electron chi connectivity index (χ1n) is 6.33. The van der Waals surface area contributed by atoms with Crippen molar-refractivity contribution in [3.8, 4) is 11.6 Å². The first-order chi connectivity index (χ1) is 9.15. The zero-order valence-electron chi connectivity index (χ0n) is 10.8. The van der Waals surface area contributed by atoms with E-state index in [1.165, 1.54) is 0 Å². The van der Waals surface area contributed by atoms with Crippen LogP contribution >= 0.6 is 0 Å². The van der Waals surface area contributed by atoms with Crippen molar-refractivity contribution in [2.45, 2.75) is 32.7 Å². The number of rotatable bonds is 4. The first-order valence-corrected chi connectivity index (χ1v) is 6.33. The zero-order valence-corrected chi connectivity index (χ0v) is 10.8. The predicted octanol–water partition coefficient (Wildman–Crippen LogP) is 1.86. The summed E-state index contributed by atoms with van der Waals surface area (Å²) < 4.78 is 7.24. The van der Waals surface area contributed by atoms with Gasteiger partial charge in [0.25, 0.3) is 5.89 Å². The number of carbonyl (C=O) groups excluding carboxylic acids is 1. The number of nitrogens with zero attached hydrogens (tertiary/aromatic N) is 4. The van der Waals surface area contributed by atoms with Crippen molar-refractivity contribution in [3.05, 3.63) is 12.3 Å². The van der Waals surface area contributed by atoms with Crippen molar-refractivity contribution >= 4 is 11.9 Å². The van der Waals surface area contributed by atoms with Gasteiger partial charge in [-0.2, -0.15) is 5.10 Å². The van der Waals surface area contributed by atoms with Crippen molar-refractivity contribution in [2.24, 2.45) is 5.92 Å². The molecule has 2 aromatic heterocycles. The fraction of sp³-hybridized carbons (Fsp3) is 0.500. The molecule has 2 heterocycles. The maximum Gasteiger partial charge on any atom is 0.322 e. The molecule has 1 N–H and O–H groups in total. The van der Waals surface area contributed by atoms with Crippen LogP contribution in [-0.4, -0.2) is 25.9 Å². The van der Waals surface area contributed by atoms with Gasteiger partial charge in [-0.05, 0) is 32.8 Å². The molecule has 2 aromatic rings. The molecule has 0 unspecified atom stereocenters. The molecule has 0 spiro atoms. The van der Waals surface area contributed by atoms with Crippen molar-refractivity contribution in [1.29, 1.82) is 0 Å². The Labute approximate surface area is 110 Å². The number of hydrogen-bond donors (Lipinski definition) is 1. The molecular formula is C12H15N5O2. The van der Waals surface area contributed by atoms with E-state index in [0.717, 1.165) is 18.5 Å². The van der Waals surface area contributed by atoms with E-state index >= 15 is 0 Å². The minimum Gasteiger partial charge on any atom is -0.401 e. The maximum absolute atomic E-state index is 11.6. The van der Waals surface area contributed by atoms with E-state index in [0.29, 0.717) is 5.89 Å². The SMILES string of the molecule is CC(C)n1nccc1-c1nnc(NC(=O)C2CC2)o1. The maximum atomic E-state index is 11.6. The van der Waals surface area contributed by atoms with E-state index < -0.39 is 0 Å². The second kappa shape index (κ2) is 4.49. The molecule has 7 nitrogen and oxygen atoms in total. The summed E-state index contributed by atoms with van der Waals surface area (Å²) >= 11 is 0. The quantitative estimate of drug-likeness (QED) is 0.907. The second-order valence-corrected chi connectivity index (χ2v) is 4.93. The third kappa shape index (κ3) is 2.35. The molecule has 0 saturated heterocycles. The Morgan fingerprint density at radius 1 is 1.47 bits per heavy atom. The van der Waals surface area contributed by atoms with Gasteiger partial charge in [-0.3, -0.25) is 14.8 Å². The lowest BCUT2D eigenvalue weighted by molar-refractivity contribution is -0.117. The Morgan fingerprint density at radius 2 is 2.26 bits per heavy atom. The van der Waals surface area contributed by atoms with Crippen LogP contribution in [0.1, 0.15) is 32.7 Å². The number of hydrogen-bond acceptors (Lipinski definition) is 5. The van der Waals surface area contributed by atoms with E-state index in [1.54, 1.807) is 16.9 Å². The van der Waals surface area contributed by atoms with Crippen LogP contribution in [0, 0.1) is 5.92 Å². The molecule has 1 fully saturated rings. The predicted molar refractivity (Wildman–Crippen MR) is 67.3 cm³/mol. The van der Waals surface area contributed by atoms with Gasteiger partial charge in [-0.1, -0.05) is 5.10 Å². The van der Waals surface area contributed by atoms with Crippen LogP contribution in [0.25, 0.3) is 11.6 Å².